The lowest BCUT2D eigenvalue weighted by Gasteiger charge is -2.24. The van der Waals surface area contributed by atoms with Crippen LogP contribution in [0.1, 0.15) is 50.7 Å². The summed E-state index contributed by atoms with van der Waals surface area (Å²) in [5, 5.41) is 8.29. The van der Waals surface area contributed by atoms with E-state index in [0.717, 1.165) is 17.5 Å². The summed E-state index contributed by atoms with van der Waals surface area (Å²) in [5.41, 5.74) is 8.35. The van der Waals surface area contributed by atoms with Crippen LogP contribution < -0.4 is 16.4 Å². The normalized spacial score (nSPS) is 13.6. The molecule has 0 heterocycles. The van der Waals surface area contributed by atoms with Crippen LogP contribution in [0.5, 0.6) is 0 Å². The van der Waals surface area contributed by atoms with E-state index >= 15 is 0 Å². The van der Waals surface area contributed by atoms with Gasteiger partial charge >= 0.3 is 0 Å². The van der Waals surface area contributed by atoms with Crippen LogP contribution in [0.15, 0.2) is 72.8 Å². The Morgan fingerprint density at radius 1 is 0.944 bits per heavy atom. The van der Waals surface area contributed by atoms with Crippen molar-refractivity contribution >= 4 is 22.6 Å². The number of benzene rings is 3. The zero-order valence-electron chi connectivity index (χ0n) is 21.4. The third-order valence-corrected chi connectivity index (χ3v) is 6.51. The Kier molecular flexibility index (Phi) is 10.9. The van der Waals surface area contributed by atoms with Gasteiger partial charge in [0.05, 0.1) is 13.2 Å². The van der Waals surface area contributed by atoms with E-state index in [1.807, 2.05) is 56.3 Å². The molecular formula is C30H39N3O3. The minimum absolute atomic E-state index is 0.0375. The third-order valence-electron chi connectivity index (χ3n) is 6.51. The largest absolute Gasteiger partial charge is 0.375 e. The van der Waals surface area contributed by atoms with Gasteiger partial charge in [-0.25, -0.2) is 0 Å². The zero-order chi connectivity index (χ0) is 25.8. The molecule has 3 aromatic carbocycles. The molecule has 0 fully saturated rings. The fourth-order valence-electron chi connectivity index (χ4n) is 4.11. The molecule has 0 spiro atoms. The summed E-state index contributed by atoms with van der Waals surface area (Å²) in [7, 11) is 0. The van der Waals surface area contributed by atoms with Gasteiger partial charge in [0, 0.05) is 19.0 Å². The van der Waals surface area contributed by atoms with Crippen LogP contribution in [0, 0.1) is 5.92 Å². The van der Waals surface area contributed by atoms with Crippen LogP contribution in [0.4, 0.5) is 0 Å². The Labute approximate surface area is 214 Å². The molecule has 0 aliphatic carbocycles. The van der Waals surface area contributed by atoms with Gasteiger partial charge in [-0.05, 0) is 46.7 Å². The van der Waals surface area contributed by atoms with Crippen LogP contribution in [0.25, 0.3) is 10.8 Å². The van der Waals surface area contributed by atoms with Crippen molar-refractivity contribution in [3.05, 3.63) is 83.9 Å². The molecule has 6 heteroatoms. The van der Waals surface area contributed by atoms with Gasteiger partial charge in [0.25, 0.3) is 0 Å². The highest BCUT2D eigenvalue weighted by molar-refractivity contribution is 5.87. The van der Waals surface area contributed by atoms with E-state index in [4.69, 9.17) is 10.5 Å². The number of nitrogens with one attached hydrogen (secondary N) is 2. The van der Waals surface area contributed by atoms with Gasteiger partial charge in [-0.2, -0.15) is 0 Å². The first-order chi connectivity index (χ1) is 17.5. The second-order valence-electron chi connectivity index (χ2n) is 9.48. The van der Waals surface area contributed by atoms with E-state index < -0.39 is 6.04 Å². The van der Waals surface area contributed by atoms with Gasteiger partial charge in [0.1, 0.15) is 6.04 Å². The van der Waals surface area contributed by atoms with E-state index in [1.54, 1.807) is 0 Å². The smallest absolute Gasteiger partial charge is 0.243 e. The van der Waals surface area contributed by atoms with E-state index in [0.29, 0.717) is 39.0 Å². The number of fused-ring (bicyclic) bond motifs is 1. The van der Waals surface area contributed by atoms with Crippen molar-refractivity contribution < 1.29 is 14.3 Å². The molecule has 0 aliphatic rings. The fraction of sp³-hybridized carbons (Fsp3) is 0.400. The Balaban J connectivity index is 1.36. The van der Waals surface area contributed by atoms with Crippen molar-refractivity contribution in [3.63, 3.8) is 0 Å². The number of carbonyl (C=O) groups excluding carboxylic acids is 2. The summed E-state index contributed by atoms with van der Waals surface area (Å²) in [4.78, 5) is 25.4. The maximum atomic E-state index is 12.8. The second-order valence-corrected chi connectivity index (χ2v) is 9.48. The fourth-order valence-corrected chi connectivity index (χ4v) is 4.11. The molecule has 36 heavy (non-hydrogen) atoms. The third kappa shape index (κ3) is 8.77. The second kappa shape index (κ2) is 14.4. The van der Waals surface area contributed by atoms with E-state index in [2.05, 4.69) is 41.0 Å². The molecule has 3 rings (SSSR count). The molecule has 0 radical (unpaired) electrons. The SMILES string of the molecule is CC[C@H](C)C(NC(=O)CCC[C@@H](N)COCc1ccc2ccccc2c1)C(=O)NCc1ccccc1. The first-order valence-electron chi connectivity index (χ1n) is 12.9. The first-order valence-corrected chi connectivity index (χ1v) is 12.9. The molecule has 1 unspecified atom stereocenters. The van der Waals surface area contributed by atoms with Gasteiger partial charge in [0.2, 0.25) is 11.8 Å². The molecule has 192 valence electrons. The number of rotatable bonds is 14. The van der Waals surface area contributed by atoms with Crippen LogP contribution >= 0.6 is 0 Å². The molecule has 6 nitrogen and oxygen atoms in total. The summed E-state index contributed by atoms with van der Waals surface area (Å²) in [6, 6.07) is 23.6. The van der Waals surface area contributed by atoms with Gasteiger partial charge in [0.15, 0.2) is 0 Å². The van der Waals surface area contributed by atoms with Crippen molar-refractivity contribution in [2.75, 3.05) is 6.61 Å². The van der Waals surface area contributed by atoms with Crippen molar-refractivity contribution in [3.8, 4) is 0 Å². The summed E-state index contributed by atoms with van der Waals surface area (Å²) >= 11 is 0. The minimum Gasteiger partial charge on any atom is -0.375 e. The number of hydrogen-bond donors (Lipinski definition) is 3. The zero-order valence-corrected chi connectivity index (χ0v) is 21.4. The topological polar surface area (TPSA) is 93.5 Å². The quantitative estimate of drug-likeness (QED) is 0.306. The molecular weight excluding hydrogens is 450 g/mol. The number of hydrogen-bond acceptors (Lipinski definition) is 4. The Morgan fingerprint density at radius 2 is 1.67 bits per heavy atom. The van der Waals surface area contributed by atoms with Crippen LogP contribution in [0.2, 0.25) is 0 Å². The maximum Gasteiger partial charge on any atom is 0.243 e. The Bertz CT molecular complexity index is 1100. The van der Waals surface area contributed by atoms with E-state index in [-0.39, 0.29) is 23.8 Å². The number of amides is 2. The standard InChI is InChI=1S/C30H39N3O3/c1-3-22(2)29(30(35)32-19-23-10-5-4-6-11-23)33-28(34)15-9-14-27(31)21-36-20-24-16-17-25-12-7-8-13-26(25)18-24/h4-8,10-13,16-18,22,27,29H,3,9,14-15,19-21,31H2,1-2H3,(H,32,35)(H,33,34)/t22-,27+,29?/m0/s1. The molecule has 0 saturated carbocycles. The average Bonchev–Trinajstić information content (AvgIpc) is 2.90. The van der Waals surface area contributed by atoms with Crippen LogP contribution in [-0.4, -0.2) is 30.5 Å². The summed E-state index contributed by atoms with van der Waals surface area (Å²) < 4.78 is 5.81. The Hall–Kier alpha value is -3.22. The molecule has 2 amide bonds. The number of ether oxygens (including phenoxy) is 1. The van der Waals surface area contributed by atoms with Gasteiger partial charge in [-0.15, -0.1) is 0 Å². The number of nitrogens with two attached hydrogens (primary N) is 1. The maximum absolute atomic E-state index is 12.8. The molecule has 3 atom stereocenters. The monoisotopic (exact) mass is 489 g/mol. The first kappa shape index (κ1) is 27.4. The summed E-state index contributed by atoms with van der Waals surface area (Å²) in [6.07, 6.45) is 2.45. The lowest BCUT2D eigenvalue weighted by molar-refractivity contribution is -0.130. The van der Waals surface area contributed by atoms with Crippen molar-refractivity contribution in [2.45, 2.75) is 64.8 Å². The minimum atomic E-state index is -0.551. The van der Waals surface area contributed by atoms with Crippen molar-refractivity contribution in [2.24, 2.45) is 11.7 Å². The van der Waals surface area contributed by atoms with Crippen LogP contribution in [0.3, 0.4) is 0 Å². The average molecular weight is 490 g/mol. The van der Waals surface area contributed by atoms with E-state index in [1.165, 1.54) is 10.8 Å². The lowest BCUT2D eigenvalue weighted by atomic mass is 9.97. The van der Waals surface area contributed by atoms with Crippen LogP contribution in [-0.2, 0) is 27.5 Å². The highest BCUT2D eigenvalue weighted by Gasteiger charge is 2.25. The molecule has 4 N–H and O–H groups in total. The van der Waals surface area contributed by atoms with Crippen molar-refractivity contribution in [1.29, 1.82) is 0 Å². The highest BCUT2D eigenvalue weighted by atomic mass is 16.5. The van der Waals surface area contributed by atoms with Crippen molar-refractivity contribution in [1.82, 2.24) is 10.6 Å². The predicted octanol–water partition coefficient (Wildman–Crippen LogP) is 4.70. The molecule has 3 aromatic rings. The molecule has 0 aromatic heterocycles. The lowest BCUT2D eigenvalue weighted by Crippen LogP contribution is -2.50. The van der Waals surface area contributed by atoms with E-state index in [9.17, 15) is 9.59 Å². The van der Waals surface area contributed by atoms with Gasteiger partial charge < -0.3 is 21.1 Å². The predicted molar refractivity (Wildman–Crippen MR) is 145 cm³/mol. The van der Waals surface area contributed by atoms with Gasteiger partial charge in [-0.1, -0.05) is 87.0 Å². The summed E-state index contributed by atoms with van der Waals surface area (Å²) in [6.45, 7) is 5.39. The molecule has 0 bridgehead atoms. The van der Waals surface area contributed by atoms with Gasteiger partial charge in [-0.3, -0.25) is 9.59 Å². The highest BCUT2D eigenvalue weighted by Crippen LogP contribution is 2.16. The molecule has 0 aliphatic heterocycles. The summed E-state index contributed by atoms with van der Waals surface area (Å²) in [5.74, 6) is -0.240. The Morgan fingerprint density at radius 3 is 2.42 bits per heavy atom. The number of carbonyl (C=O) groups is 2. The molecule has 0 saturated heterocycles.